The number of halogens is 1. The van der Waals surface area contributed by atoms with Crippen molar-refractivity contribution in [3.05, 3.63) is 34.9 Å². The van der Waals surface area contributed by atoms with E-state index in [9.17, 15) is 9.59 Å². The van der Waals surface area contributed by atoms with Gasteiger partial charge in [-0.05, 0) is 36.5 Å². The van der Waals surface area contributed by atoms with Gasteiger partial charge in [0.2, 0.25) is 5.91 Å². The van der Waals surface area contributed by atoms with Gasteiger partial charge in [-0.2, -0.15) is 0 Å². The second-order valence-corrected chi connectivity index (χ2v) is 6.05. The highest BCUT2D eigenvalue weighted by molar-refractivity contribution is 6.30. The number of nitrogens with zero attached hydrogens (tertiary/aromatic N) is 1. The molecule has 1 amide bonds. The molecule has 3 atom stereocenters. The zero-order valence-electron chi connectivity index (χ0n) is 11.0. The smallest absolute Gasteiger partial charge is 0.308 e. The van der Waals surface area contributed by atoms with Crippen molar-refractivity contribution in [2.75, 3.05) is 13.1 Å². The number of amides is 1. The Balaban J connectivity index is 1.62. The molecule has 4 nitrogen and oxygen atoms in total. The van der Waals surface area contributed by atoms with Crippen molar-refractivity contribution in [1.29, 1.82) is 0 Å². The summed E-state index contributed by atoms with van der Waals surface area (Å²) in [7, 11) is 0. The number of likely N-dealkylation sites (tertiary alicyclic amines) is 1. The molecule has 2 fully saturated rings. The van der Waals surface area contributed by atoms with Crippen molar-refractivity contribution in [2.45, 2.75) is 18.8 Å². The van der Waals surface area contributed by atoms with E-state index in [0.29, 0.717) is 24.5 Å². The lowest BCUT2D eigenvalue weighted by atomic mass is 10.1. The van der Waals surface area contributed by atoms with Crippen LogP contribution in [0.25, 0.3) is 0 Å². The summed E-state index contributed by atoms with van der Waals surface area (Å²) in [6.45, 7) is 0.918. The molecule has 0 unspecified atom stereocenters. The molecule has 1 aromatic rings. The molecule has 0 bridgehead atoms. The third-order valence-electron chi connectivity index (χ3n) is 4.23. The van der Waals surface area contributed by atoms with E-state index in [-0.39, 0.29) is 17.7 Å². The first-order chi connectivity index (χ1) is 9.56. The molecule has 5 heteroatoms. The van der Waals surface area contributed by atoms with E-state index in [1.165, 1.54) is 0 Å². The van der Waals surface area contributed by atoms with Crippen LogP contribution >= 0.6 is 11.6 Å². The van der Waals surface area contributed by atoms with Gasteiger partial charge in [0.15, 0.2) is 0 Å². The van der Waals surface area contributed by atoms with E-state index in [2.05, 4.69) is 0 Å². The molecule has 1 N–H and O–H groups in total. The Bertz CT molecular complexity index is 560. The average molecular weight is 294 g/mol. The fourth-order valence-corrected chi connectivity index (χ4v) is 3.17. The van der Waals surface area contributed by atoms with Gasteiger partial charge in [-0.25, -0.2) is 0 Å². The Morgan fingerprint density at radius 1 is 1.35 bits per heavy atom. The number of carboxylic acids is 1. The SMILES string of the molecule is O=C(O)[C@@H]1CCN(C(=O)[C@@H]2C[C@@H]2c2cccc(Cl)c2)C1. The van der Waals surface area contributed by atoms with Gasteiger partial charge in [-0.15, -0.1) is 0 Å². The van der Waals surface area contributed by atoms with E-state index in [0.717, 1.165) is 12.0 Å². The van der Waals surface area contributed by atoms with Gasteiger partial charge in [-0.1, -0.05) is 23.7 Å². The maximum Gasteiger partial charge on any atom is 0.308 e. The molecule has 1 saturated heterocycles. The minimum absolute atomic E-state index is 0.000937. The van der Waals surface area contributed by atoms with E-state index in [1.54, 1.807) is 4.90 Å². The van der Waals surface area contributed by atoms with Crippen LogP contribution in [0.3, 0.4) is 0 Å². The van der Waals surface area contributed by atoms with Crippen molar-refractivity contribution in [2.24, 2.45) is 11.8 Å². The zero-order valence-corrected chi connectivity index (χ0v) is 11.7. The lowest BCUT2D eigenvalue weighted by Gasteiger charge is -2.15. The van der Waals surface area contributed by atoms with Crippen LogP contribution in [0.2, 0.25) is 5.02 Å². The quantitative estimate of drug-likeness (QED) is 0.931. The fourth-order valence-electron chi connectivity index (χ4n) is 2.97. The topological polar surface area (TPSA) is 57.6 Å². The highest BCUT2D eigenvalue weighted by atomic mass is 35.5. The maximum absolute atomic E-state index is 12.3. The molecule has 1 heterocycles. The predicted molar refractivity (Wildman–Crippen MR) is 74.6 cm³/mol. The number of carbonyl (C=O) groups excluding carboxylic acids is 1. The predicted octanol–water partition coefficient (Wildman–Crippen LogP) is 2.38. The first-order valence-corrected chi connectivity index (χ1v) is 7.21. The molecular weight excluding hydrogens is 278 g/mol. The third-order valence-corrected chi connectivity index (χ3v) is 4.47. The molecule has 1 aromatic carbocycles. The molecule has 20 heavy (non-hydrogen) atoms. The van der Waals surface area contributed by atoms with Gasteiger partial charge >= 0.3 is 5.97 Å². The number of aliphatic carboxylic acids is 1. The lowest BCUT2D eigenvalue weighted by Crippen LogP contribution is -2.31. The summed E-state index contributed by atoms with van der Waals surface area (Å²) < 4.78 is 0. The van der Waals surface area contributed by atoms with Crippen LogP contribution in [0.15, 0.2) is 24.3 Å². The van der Waals surface area contributed by atoms with Crippen LogP contribution in [0.5, 0.6) is 0 Å². The molecule has 0 spiro atoms. The Hall–Kier alpha value is -1.55. The molecule has 1 aliphatic carbocycles. The summed E-state index contributed by atoms with van der Waals surface area (Å²) in [5, 5.41) is 9.66. The van der Waals surface area contributed by atoms with Crippen LogP contribution in [0.1, 0.15) is 24.3 Å². The Kier molecular flexibility index (Phi) is 3.42. The minimum atomic E-state index is -0.803. The summed E-state index contributed by atoms with van der Waals surface area (Å²) in [6, 6.07) is 7.62. The summed E-state index contributed by atoms with van der Waals surface area (Å²) >= 11 is 5.96. The van der Waals surface area contributed by atoms with Crippen LogP contribution in [0, 0.1) is 11.8 Å². The number of rotatable bonds is 3. The summed E-state index contributed by atoms with van der Waals surface area (Å²) in [4.78, 5) is 25.0. The molecule has 0 radical (unpaired) electrons. The normalized spacial score (nSPS) is 28.4. The molecule has 106 valence electrons. The van der Waals surface area contributed by atoms with Gasteiger partial charge in [0.1, 0.15) is 0 Å². The number of hydrogen-bond acceptors (Lipinski definition) is 2. The molecule has 1 saturated carbocycles. The average Bonchev–Trinajstić information content (AvgIpc) is 3.06. The van der Waals surface area contributed by atoms with E-state index in [4.69, 9.17) is 16.7 Å². The molecule has 2 aliphatic rings. The van der Waals surface area contributed by atoms with Crippen LogP contribution in [-0.2, 0) is 9.59 Å². The Morgan fingerprint density at radius 2 is 2.15 bits per heavy atom. The molecule has 1 aliphatic heterocycles. The molecular formula is C15H16ClNO3. The summed E-state index contributed by atoms with van der Waals surface area (Å²) in [5.41, 5.74) is 1.10. The van der Waals surface area contributed by atoms with Crippen molar-refractivity contribution >= 4 is 23.5 Å². The number of carbonyl (C=O) groups is 2. The van der Waals surface area contributed by atoms with Crippen molar-refractivity contribution in [3.8, 4) is 0 Å². The van der Waals surface area contributed by atoms with Crippen LogP contribution < -0.4 is 0 Å². The highest BCUT2D eigenvalue weighted by Gasteiger charge is 2.47. The monoisotopic (exact) mass is 293 g/mol. The first-order valence-electron chi connectivity index (χ1n) is 6.83. The van der Waals surface area contributed by atoms with Crippen LogP contribution in [0.4, 0.5) is 0 Å². The third kappa shape index (κ3) is 2.52. The fraction of sp³-hybridized carbons (Fsp3) is 0.467. The van der Waals surface area contributed by atoms with Gasteiger partial charge in [-0.3, -0.25) is 9.59 Å². The summed E-state index contributed by atoms with van der Waals surface area (Å²) in [6.07, 6.45) is 1.41. The first kappa shape index (κ1) is 13.4. The maximum atomic E-state index is 12.3. The van der Waals surface area contributed by atoms with Gasteiger partial charge in [0.05, 0.1) is 5.92 Å². The van der Waals surface area contributed by atoms with Crippen molar-refractivity contribution in [1.82, 2.24) is 4.90 Å². The van der Waals surface area contributed by atoms with Crippen molar-refractivity contribution < 1.29 is 14.7 Å². The molecule has 0 aromatic heterocycles. The second kappa shape index (κ2) is 5.09. The van der Waals surface area contributed by atoms with E-state index < -0.39 is 11.9 Å². The second-order valence-electron chi connectivity index (χ2n) is 5.61. The lowest BCUT2D eigenvalue weighted by molar-refractivity contribution is -0.141. The largest absolute Gasteiger partial charge is 0.481 e. The minimum Gasteiger partial charge on any atom is -0.481 e. The van der Waals surface area contributed by atoms with Crippen molar-refractivity contribution in [3.63, 3.8) is 0 Å². The van der Waals surface area contributed by atoms with Crippen LogP contribution in [-0.4, -0.2) is 35.0 Å². The van der Waals surface area contributed by atoms with Gasteiger partial charge in [0, 0.05) is 24.0 Å². The standard InChI is InChI=1S/C15H16ClNO3/c16-11-3-1-2-9(6-11)12-7-13(12)14(18)17-5-4-10(8-17)15(19)20/h1-3,6,10,12-13H,4-5,7-8H2,(H,19,20)/t10-,12-,13-/m1/s1. The highest BCUT2D eigenvalue weighted by Crippen LogP contribution is 2.49. The van der Waals surface area contributed by atoms with Gasteiger partial charge in [0.25, 0.3) is 0 Å². The molecule has 3 rings (SSSR count). The Labute approximate surface area is 122 Å². The van der Waals surface area contributed by atoms with E-state index >= 15 is 0 Å². The number of carboxylic acid groups (broad SMARTS) is 1. The summed E-state index contributed by atoms with van der Waals surface area (Å²) in [5.74, 6) is -0.866. The zero-order chi connectivity index (χ0) is 14.3. The van der Waals surface area contributed by atoms with E-state index in [1.807, 2.05) is 24.3 Å². The Morgan fingerprint density at radius 3 is 2.80 bits per heavy atom. The number of benzene rings is 1. The number of hydrogen-bond donors (Lipinski definition) is 1. The van der Waals surface area contributed by atoms with Gasteiger partial charge < -0.3 is 10.0 Å².